The maximum Gasteiger partial charge on any atom is 0.348 e. The molecule has 6 aliphatic heterocycles. The zero-order valence-electron chi connectivity index (χ0n) is 44.5. The second-order valence-electron chi connectivity index (χ2n) is 20.1. The molecule has 8 aliphatic rings. The summed E-state index contributed by atoms with van der Waals surface area (Å²) in [5.41, 5.74) is -2.21. The van der Waals surface area contributed by atoms with Gasteiger partial charge >= 0.3 is 53.7 Å². The standard InChI is InChI=1S/C57H58O24/c1-5-7-24-52(3)70-40(58)34(41(59)71-52)18-12-9-14-20-36-44(62)74-54(75-45(36)63)26-30-56(31-27-54)78-48(66)38(49(67)79-56)22-16-11-17-23-39-50(68)80-57(81-51(39)69)32-28-55(29-33-57)76-46(64)37(47(65)77-55)21-15-10-13-19-35-42(60)72-53(4,25-8-6-2)73-43(35)61/h9-23,58,64,68H,5-8,24-33H2,1-4H3. The van der Waals surface area contributed by atoms with Crippen molar-refractivity contribution in [2.24, 2.45) is 0 Å². The average molecular weight is 1130 g/mol. The van der Waals surface area contributed by atoms with Crippen molar-refractivity contribution >= 4 is 53.7 Å². The van der Waals surface area contributed by atoms with Crippen molar-refractivity contribution in [3.63, 3.8) is 0 Å². The molecular weight excluding hydrogens is 1070 g/mol. The number of hydrogen-bond donors (Lipinski definition) is 3. The van der Waals surface area contributed by atoms with Crippen LogP contribution in [0.4, 0.5) is 0 Å². The Morgan fingerprint density at radius 1 is 0.333 bits per heavy atom. The highest BCUT2D eigenvalue weighted by atomic mass is 16.8. The Labute approximate surface area is 462 Å². The fraction of sp³-hybridized carbons (Fsp3) is 0.421. The number of cyclic esters (lactones) is 3. The molecular formula is C57H58O24. The summed E-state index contributed by atoms with van der Waals surface area (Å²) >= 11 is 0. The quantitative estimate of drug-likeness (QED) is 0.0480. The number of aliphatic hydroxyl groups is 3. The van der Waals surface area contributed by atoms with E-state index in [4.69, 9.17) is 56.8 Å². The van der Waals surface area contributed by atoms with Crippen LogP contribution in [0.25, 0.3) is 0 Å². The molecule has 81 heavy (non-hydrogen) atoms. The van der Waals surface area contributed by atoms with E-state index in [1.54, 1.807) is 6.92 Å². The zero-order valence-corrected chi connectivity index (χ0v) is 44.5. The summed E-state index contributed by atoms with van der Waals surface area (Å²) in [5, 5.41) is 31.8. The molecule has 0 aromatic carbocycles. The van der Waals surface area contributed by atoms with E-state index in [0.29, 0.717) is 25.7 Å². The number of carbonyl (C=O) groups is 9. The summed E-state index contributed by atoms with van der Waals surface area (Å²) in [6.07, 6.45) is 21.3. The number of ether oxygens (including phenoxy) is 12. The van der Waals surface area contributed by atoms with Crippen molar-refractivity contribution in [3.8, 4) is 0 Å². The van der Waals surface area contributed by atoms with Crippen molar-refractivity contribution in [1.82, 2.24) is 0 Å². The molecule has 1 atom stereocenters. The van der Waals surface area contributed by atoms with Gasteiger partial charge in [-0.05, 0) is 49.3 Å². The molecule has 0 bridgehead atoms. The van der Waals surface area contributed by atoms with E-state index in [-0.39, 0.29) is 73.7 Å². The molecule has 24 nitrogen and oxygen atoms in total. The highest BCUT2D eigenvalue weighted by molar-refractivity contribution is 6.17. The normalized spacial score (nSPS) is 31.0. The van der Waals surface area contributed by atoms with Crippen LogP contribution < -0.4 is 0 Å². The van der Waals surface area contributed by atoms with Gasteiger partial charge in [-0.15, -0.1) is 0 Å². The maximum atomic E-state index is 13.1. The van der Waals surface area contributed by atoms with Gasteiger partial charge in [0.1, 0.15) is 33.4 Å². The number of esters is 9. The Balaban J connectivity index is 0.783. The molecule has 0 aromatic rings. The van der Waals surface area contributed by atoms with E-state index in [1.807, 2.05) is 13.8 Å². The van der Waals surface area contributed by atoms with Gasteiger partial charge in [0.25, 0.3) is 52.6 Å². The molecule has 3 N–H and O–H groups in total. The van der Waals surface area contributed by atoms with Crippen LogP contribution in [0, 0.1) is 0 Å². The Morgan fingerprint density at radius 3 is 0.877 bits per heavy atom. The van der Waals surface area contributed by atoms with Crippen molar-refractivity contribution < 1.29 is 115 Å². The molecule has 24 heteroatoms. The van der Waals surface area contributed by atoms with Crippen LogP contribution in [0.5, 0.6) is 0 Å². The van der Waals surface area contributed by atoms with E-state index in [2.05, 4.69) is 0 Å². The number of hydrogen-bond acceptors (Lipinski definition) is 24. The second kappa shape index (κ2) is 23.3. The Kier molecular flexibility index (Phi) is 16.7. The van der Waals surface area contributed by atoms with Crippen LogP contribution in [0.1, 0.15) is 118 Å². The van der Waals surface area contributed by atoms with Gasteiger partial charge < -0.3 is 72.2 Å². The highest BCUT2D eigenvalue weighted by Gasteiger charge is 2.58. The van der Waals surface area contributed by atoms with E-state index in [9.17, 15) is 58.5 Å². The van der Waals surface area contributed by atoms with Crippen molar-refractivity contribution in [2.45, 2.75) is 152 Å². The molecule has 8 rings (SSSR count). The van der Waals surface area contributed by atoms with Gasteiger partial charge in [-0.25, -0.2) is 43.2 Å². The average Bonchev–Trinajstić information content (AvgIpc) is 3.38. The first-order valence-electron chi connectivity index (χ1n) is 26.1. The third kappa shape index (κ3) is 13.0. The first-order valence-corrected chi connectivity index (χ1v) is 26.1. The minimum absolute atomic E-state index is 0.136. The lowest BCUT2D eigenvalue weighted by Crippen LogP contribution is -2.56. The Hall–Kier alpha value is -9.09. The predicted molar refractivity (Wildman–Crippen MR) is 270 cm³/mol. The molecule has 6 heterocycles. The van der Waals surface area contributed by atoms with E-state index < -0.39 is 117 Å². The van der Waals surface area contributed by atoms with Crippen molar-refractivity contribution in [3.05, 3.63) is 142 Å². The number of aliphatic hydroxyl groups excluding tert-OH is 3. The molecule has 5 fully saturated rings. The van der Waals surface area contributed by atoms with Crippen LogP contribution in [-0.2, 0) is 100.0 Å². The predicted octanol–water partition coefficient (Wildman–Crippen LogP) is 7.18. The summed E-state index contributed by atoms with van der Waals surface area (Å²) in [7, 11) is 0. The summed E-state index contributed by atoms with van der Waals surface area (Å²) in [6, 6.07) is 0. The molecule has 4 spiro atoms. The van der Waals surface area contributed by atoms with E-state index in [1.165, 1.54) is 79.8 Å². The van der Waals surface area contributed by atoms with Gasteiger partial charge in [0.2, 0.25) is 0 Å². The molecule has 430 valence electrons. The smallest absolute Gasteiger partial charge is 0.348 e. The zero-order chi connectivity index (χ0) is 58.4. The Morgan fingerprint density at radius 2 is 0.580 bits per heavy atom. The second-order valence-corrected chi connectivity index (χ2v) is 20.1. The fourth-order valence-corrected chi connectivity index (χ4v) is 9.42. The first-order chi connectivity index (χ1) is 38.5. The SMILES string of the molecule is CCCCC1(C)OC(=O)C(=CC=CC=CC2=C(O)OC3(CCC4(CC3)OC(=O)C(C=CC=CC=C3C(=O)OC5(CCC6(CC5)OC(=O)C(=CC=CC=CC5=C(O)OC(C)(CCCC)OC5=O)C(=O)O6)OC3=O)=C(O)O4)OC2=O)C(=O)O1. The highest BCUT2D eigenvalue weighted by Crippen LogP contribution is 2.48. The lowest BCUT2D eigenvalue weighted by molar-refractivity contribution is -0.302. The van der Waals surface area contributed by atoms with Gasteiger partial charge in [-0.3, -0.25) is 0 Å². The molecule has 0 aromatic heterocycles. The molecule has 1 unspecified atom stereocenters. The molecule has 2 saturated carbocycles. The third-order valence-electron chi connectivity index (χ3n) is 13.9. The fourth-order valence-electron chi connectivity index (χ4n) is 9.42. The van der Waals surface area contributed by atoms with Crippen LogP contribution in [0.3, 0.4) is 0 Å². The van der Waals surface area contributed by atoms with Crippen LogP contribution in [-0.4, -0.2) is 104 Å². The number of rotatable bonds is 15. The lowest BCUT2D eigenvalue weighted by Gasteiger charge is -2.46. The topological polar surface area (TPSA) is 325 Å². The first kappa shape index (κ1) is 58.1. The van der Waals surface area contributed by atoms with Gasteiger partial charge in [0, 0.05) is 78.1 Å². The molecule has 3 saturated heterocycles. The van der Waals surface area contributed by atoms with Crippen molar-refractivity contribution in [2.75, 3.05) is 0 Å². The molecule has 2 aliphatic carbocycles. The number of unbranched alkanes of at least 4 members (excludes halogenated alkanes) is 2. The van der Waals surface area contributed by atoms with Gasteiger partial charge in [-0.1, -0.05) is 81.4 Å². The van der Waals surface area contributed by atoms with Gasteiger partial charge in [-0.2, -0.15) is 0 Å². The maximum absolute atomic E-state index is 13.1. The summed E-state index contributed by atoms with van der Waals surface area (Å²) in [5.74, 6) is -20.1. The van der Waals surface area contributed by atoms with Crippen LogP contribution in [0.2, 0.25) is 0 Å². The summed E-state index contributed by atoms with van der Waals surface area (Å²) in [6.45, 7) is 6.96. The number of carbonyl (C=O) groups excluding carboxylic acids is 9. The molecule has 0 amide bonds. The van der Waals surface area contributed by atoms with E-state index >= 15 is 0 Å². The summed E-state index contributed by atoms with van der Waals surface area (Å²) < 4.78 is 66.0. The third-order valence-corrected chi connectivity index (χ3v) is 13.9. The van der Waals surface area contributed by atoms with Gasteiger partial charge in [0.05, 0.1) is 0 Å². The molecule has 0 radical (unpaired) electrons. The minimum Gasteiger partial charge on any atom is -0.480 e. The van der Waals surface area contributed by atoms with Crippen molar-refractivity contribution in [1.29, 1.82) is 0 Å². The van der Waals surface area contributed by atoms with E-state index in [0.717, 1.165) is 31.1 Å². The lowest BCUT2D eigenvalue weighted by atomic mass is 9.87. The monoisotopic (exact) mass is 1130 g/mol. The number of allylic oxidation sites excluding steroid dienone is 12. The van der Waals surface area contributed by atoms with Crippen LogP contribution >= 0.6 is 0 Å². The Bertz CT molecular complexity index is 2990. The van der Waals surface area contributed by atoms with Gasteiger partial charge in [0.15, 0.2) is 0 Å². The minimum atomic E-state index is -1.75. The largest absolute Gasteiger partial charge is 0.480 e. The summed E-state index contributed by atoms with van der Waals surface area (Å²) in [4.78, 5) is 116. The van der Waals surface area contributed by atoms with Crippen LogP contribution in [0.15, 0.2) is 142 Å².